The molecule has 0 bridgehead atoms. The summed E-state index contributed by atoms with van der Waals surface area (Å²) in [4.78, 5) is 39.6. The second-order valence-electron chi connectivity index (χ2n) is 9.25. The van der Waals surface area contributed by atoms with Gasteiger partial charge in [-0.05, 0) is 90.7 Å². The van der Waals surface area contributed by atoms with Crippen molar-refractivity contribution in [3.8, 4) is 11.5 Å². The van der Waals surface area contributed by atoms with Crippen LogP contribution in [0.2, 0.25) is 0 Å². The summed E-state index contributed by atoms with van der Waals surface area (Å²) in [7, 11) is 1.55. The van der Waals surface area contributed by atoms with E-state index in [4.69, 9.17) is 9.47 Å². The molecule has 1 aliphatic rings. The molecule has 0 saturated carbocycles. The van der Waals surface area contributed by atoms with Crippen LogP contribution in [-0.2, 0) is 22.6 Å². The van der Waals surface area contributed by atoms with Crippen LogP contribution in [0.15, 0.2) is 76.6 Å². The maximum atomic E-state index is 13.1. The molecule has 1 heterocycles. The number of imide groups is 1. The number of aryl methyl sites for hydroxylation is 2. The third-order valence-corrected chi connectivity index (χ3v) is 7.61. The van der Waals surface area contributed by atoms with Gasteiger partial charge >= 0.3 is 0 Å². The van der Waals surface area contributed by atoms with Crippen molar-refractivity contribution >= 4 is 56.5 Å². The lowest BCUT2D eigenvalue weighted by Crippen LogP contribution is -2.36. The molecule has 4 rings (SSSR count). The van der Waals surface area contributed by atoms with E-state index < -0.39 is 17.1 Å². The minimum atomic E-state index is -0.522. The van der Waals surface area contributed by atoms with Crippen molar-refractivity contribution in [1.82, 2.24) is 4.90 Å². The molecule has 1 aliphatic heterocycles. The Hall–Kier alpha value is -3.82. The monoisotopic (exact) mass is 620 g/mol. The first-order valence-electron chi connectivity index (χ1n) is 12.5. The van der Waals surface area contributed by atoms with E-state index in [9.17, 15) is 14.4 Å². The average molecular weight is 622 g/mol. The molecule has 7 nitrogen and oxygen atoms in total. The first kappa shape index (κ1) is 29.2. The molecule has 1 fully saturated rings. The molecular weight excluding hydrogens is 592 g/mol. The molecule has 0 atom stereocenters. The van der Waals surface area contributed by atoms with Crippen LogP contribution in [0.25, 0.3) is 6.08 Å². The highest BCUT2D eigenvalue weighted by atomic mass is 79.9. The summed E-state index contributed by atoms with van der Waals surface area (Å²) >= 11 is 4.23. The van der Waals surface area contributed by atoms with Gasteiger partial charge in [0, 0.05) is 15.7 Å². The number of nitrogens with zero attached hydrogens (tertiary/aromatic N) is 1. The summed E-state index contributed by atoms with van der Waals surface area (Å²) in [6, 6.07) is 17.2. The minimum Gasteiger partial charge on any atom is -0.493 e. The first-order chi connectivity index (χ1) is 19.2. The van der Waals surface area contributed by atoms with Gasteiger partial charge < -0.3 is 14.8 Å². The van der Waals surface area contributed by atoms with E-state index in [1.807, 2.05) is 62.4 Å². The zero-order chi connectivity index (χ0) is 28.8. The number of rotatable bonds is 10. The van der Waals surface area contributed by atoms with Crippen molar-refractivity contribution in [2.75, 3.05) is 19.0 Å². The third-order valence-electron chi connectivity index (χ3n) is 6.17. The molecule has 206 valence electrons. The number of halogens is 1. The van der Waals surface area contributed by atoms with Gasteiger partial charge in [-0.15, -0.1) is 6.58 Å². The molecule has 3 aromatic carbocycles. The number of nitrogens with one attached hydrogen (secondary N) is 1. The Morgan fingerprint density at radius 1 is 1.10 bits per heavy atom. The van der Waals surface area contributed by atoms with Gasteiger partial charge in [-0.2, -0.15) is 0 Å². The van der Waals surface area contributed by atoms with Crippen LogP contribution >= 0.6 is 27.7 Å². The molecule has 0 unspecified atom stereocenters. The van der Waals surface area contributed by atoms with E-state index in [-0.39, 0.29) is 11.4 Å². The normalized spacial score (nSPS) is 14.0. The van der Waals surface area contributed by atoms with Crippen molar-refractivity contribution in [1.29, 1.82) is 0 Å². The van der Waals surface area contributed by atoms with Crippen LogP contribution in [-0.4, -0.2) is 35.6 Å². The number of anilines is 1. The van der Waals surface area contributed by atoms with Gasteiger partial charge in [0.25, 0.3) is 11.1 Å². The number of methoxy groups -OCH3 is 1. The van der Waals surface area contributed by atoms with Gasteiger partial charge in [0.05, 0.1) is 12.0 Å². The van der Waals surface area contributed by atoms with Crippen LogP contribution < -0.4 is 14.8 Å². The molecule has 0 spiro atoms. The third kappa shape index (κ3) is 7.03. The van der Waals surface area contributed by atoms with Gasteiger partial charge in [0.1, 0.15) is 13.2 Å². The van der Waals surface area contributed by atoms with Crippen molar-refractivity contribution in [2.24, 2.45) is 0 Å². The van der Waals surface area contributed by atoms with E-state index in [0.717, 1.165) is 43.4 Å². The van der Waals surface area contributed by atoms with Crippen molar-refractivity contribution in [3.05, 3.63) is 104 Å². The molecule has 40 heavy (non-hydrogen) atoms. The molecule has 9 heteroatoms. The molecule has 1 saturated heterocycles. The van der Waals surface area contributed by atoms with Crippen LogP contribution in [0.3, 0.4) is 0 Å². The maximum absolute atomic E-state index is 13.1. The summed E-state index contributed by atoms with van der Waals surface area (Å²) in [5.41, 5.74) is 5.01. The highest BCUT2D eigenvalue weighted by molar-refractivity contribution is 9.10. The van der Waals surface area contributed by atoms with Gasteiger partial charge in [-0.25, -0.2) is 0 Å². The van der Waals surface area contributed by atoms with Gasteiger partial charge in [-0.3, -0.25) is 19.3 Å². The largest absolute Gasteiger partial charge is 0.493 e. The van der Waals surface area contributed by atoms with Gasteiger partial charge in [-0.1, -0.05) is 46.3 Å². The maximum Gasteiger partial charge on any atom is 0.294 e. The minimum absolute atomic E-state index is 0.222. The second kappa shape index (κ2) is 13.0. The van der Waals surface area contributed by atoms with E-state index in [1.165, 1.54) is 0 Å². The fourth-order valence-corrected chi connectivity index (χ4v) is 5.22. The topological polar surface area (TPSA) is 84.9 Å². The number of carbonyl (C=O) groups is 3. The Labute approximate surface area is 246 Å². The molecule has 1 N–H and O–H groups in total. The average Bonchev–Trinajstić information content (AvgIpc) is 3.18. The number of ether oxygens (including phenoxy) is 2. The Bertz CT molecular complexity index is 1500. The number of amides is 3. The number of carbonyl (C=O) groups excluding carboxylic acids is 3. The van der Waals surface area contributed by atoms with E-state index in [1.54, 1.807) is 25.3 Å². The van der Waals surface area contributed by atoms with Crippen LogP contribution in [0, 0.1) is 13.8 Å². The fourth-order valence-electron chi connectivity index (χ4n) is 4.12. The zero-order valence-electron chi connectivity index (χ0n) is 22.5. The smallest absolute Gasteiger partial charge is 0.294 e. The van der Waals surface area contributed by atoms with Crippen LogP contribution in [0.4, 0.5) is 10.5 Å². The zero-order valence-corrected chi connectivity index (χ0v) is 24.9. The Balaban J connectivity index is 1.52. The summed E-state index contributed by atoms with van der Waals surface area (Å²) < 4.78 is 12.7. The molecular formula is C31H29BrN2O5S. The lowest BCUT2D eigenvalue weighted by Gasteiger charge is -2.16. The van der Waals surface area contributed by atoms with Crippen LogP contribution in [0.1, 0.15) is 27.8 Å². The van der Waals surface area contributed by atoms with Gasteiger partial charge in [0.15, 0.2) is 11.5 Å². The van der Waals surface area contributed by atoms with Gasteiger partial charge in [0.2, 0.25) is 5.91 Å². The van der Waals surface area contributed by atoms with Crippen molar-refractivity contribution < 1.29 is 23.9 Å². The molecule has 0 aromatic heterocycles. The number of benzene rings is 3. The lowest BCUT2D eigenvalue weighted by atomic mass is 10.0. The van der Waals surface area contributed by atoms with Crippen molar-refractivity contribution in [2.45, 2.75) is 26.9 Å². The summed E-state index contributed by atoms with van der Waals surface area (Å²) in [5, 5.41) is 2.30. The number of allylic oxidation sites excluding steroid dienone is 1. The molecule has 0 aliphatic carbocycles. The predicted octanol–water partition coefficient (Wildman–Crippen LogP) is 7.06. The summed E-state index contributed by atoms with van der Waals surface area (Å²) in [6.07, 6.45) is 3.89. The first-order valence-corrected chi connectivity index (χ1v) is 14.1. The van der Waals surface area contributed by atoms with E-state index >= 15 is 0 Å². The molecule has 3 amide bonds. The summed E-state index contributed by atoms with van der Waals surface area (Å²) in [5.74, 6) is 0.110. The SMILES string of the molecule is C=CCc1cc(/C=C2\SC(=O)N(CC(=O)Nc3cc(C)ccc3C)C2=O)cc(OC)c1OCc1ccc(Br)cc1. The Morgan fingerprint density at radius 2 is 1.85 bits per heavy atom. The Morgan fingerprint density at radius 3 is 2.55 bits per heavy atom. The predicted molar refractivity (Wildman–Crippen MR) is 163 cm³/mol. The number of hydrogen-bond donors (Lipinski definition) is 1. The van der Waals surface area contributed by atoms with Crippen molar-refractivity contribution in [3.63, 3.8) is 0 Å². The van der Waals surface area contributed by atoms with E-state index in [0.29, 0.717) is 35.8 Å². The van der Waals surface area contributed by atoms with Crippen LogP contribution in [0.5, 0.6) is 11.5 Å². The highest BCUT2D eigenvalue weighted by Crippen LogP contribution is 2.37. The molecule has 3 aromatic rings. The number of thioether (sulfide) groups is 1. The standard InChI is InChI=1S/C31H29BrN2O5S/c1-5-6-23-14-22(15-26(38-4)29(23)39-18-21-9-11-24(32)12-10-21)16-27-30(36)34(31(37)40-27)17-28(35)33-25-13-19(2)7-8-20(25)3/h5,7-16H,1,6,17-18H2,2-4H3,(H,33,35)/b27-16-. The lowest BCUT2D eigenvalue weighted by molar-refractivity contribution is -0.127. The summed E-state index contributed by atoms with van der Waals surface area (Å²) in [6.45, 7) is 7.62. The molecule has 0 radical (unpaired) electrons. The van der Waals surface area contributed by atoms with E-state index in [2.05, 4.69) is 27.8 Å². The Kier molecular flexibility index (Phi) is 9.50. The number of hydrogen-bond acceptors (Lipinski definition) is 6. The quantitative estimate of drug-likeness (QED) is 0.193. The fraction of sp³-hybridized carbons (Fsp3) is 0.194. The highest BCUT2D eigenvalue weighted by Gasteiger charge is 2.36. The second-order valence-corrected chi connectivity index (χ2v) is 11.2.